The Morgan fingerprint density at radius 1 is 0.406 bits per heavy atom. The molecule has 0 spiro atoms. The molecule has 0 aliphatic heterocycles. The number of carbonyl (C=O) groups excluding carboxylic acids is 2. The van der Waals surface area contributed by atoms with E-state index in [9.17, 15) is 19.8 Å². The lowest BCUT2D eigenvalue weighted by molar-refractivity contribution is -0.143. The Kier molecular flexibility index (Phi) is 57.0. The molecule has 2 atom stereocenters. The normalized spacial score (nSPS) is 12.8. The lowest BCUT2D eigenvalue weighted by Crippen LogP contribution is -2.45. The van der Waals surface area contributed by atoms with Crippen molar-refractivity contribution in [3.63, 3.8) is 0 Å². The Morgan fingerprint density at radius 3 is 1.12 bits per heavy atom. The van der Waals surface area contributed by atoms with Gasteiger partial charge in [-0.25, -0.2) is 0 Å². The van der Waals surface area contributed by atoms with Gasteiger partial charge in [-0.15, -0.1) is 0 Å². The maximum Gasteiger partial charge on any atom is 0.305 e. The van der Waals surface area contributed by atoms with Crippen molar-refractivity contribution in [2.45, 2.75) is 341 Å². The minimum Gasteiger partial charge on any atom is -0.466 e. The summed E-state index contributed by atoms with van der Waals surface area (Å²) < 4.78 is 5.48. The number of esters is 1. The number of allylic oxidation sites excluding steroid dienone is 5. The van der Waals surface area contributed by atoms with Crippen LogP contribution in [0.2, 0.25) is 0 Å². The highest BCUT2D eigenvalue weighted by Crippen LogP contribution is 2.17. The molecule has 0 saturated carbocycles. The fraction of sp³-hybridized carbons (Fsp3) is 0.873. The maximum absolute atomic E-state index is 12.4. The number of hydrogen-bond donors (Lipinski definition) is 3. The highest BCUT2D eigenvalue weighted by Gasteiger charge is 2.18. The maximum atomic E-state index is 12.4. The average molecular weight is 971 g/mol. The third-order valence-electron chi connectivity index (χ3n) is 14.2. The van der Waals surface area contributed by atoms with Crippen molar-refractivity contribution in [3.05, 3.63) is 36.5 Å². The van der Waals surface area contributed by atoms with Crippen LogP contribution >= 0.6 is 0 Å². The molecule has 0 radical (unpaired) electrons. The van der Waals surface area contributed by atoms with E-state index in [4.69, 9.17) is 4.74 Å². The van der Waals surface area contributed by atoms with Gasteiger partial charge in [0.25, 0.3) is 0 Å². The van der Waals surface area contributed by atoms with Gasteiger partial charge in [-0.3, -0.25) is 9.59 Å². The lowest BCUT2D eigenvalue weighted by Gasteiger charge is -2.20. The van der Waals surface area contributed by atoms with Crippen LogP contribution in [-0.4, -0.2) is 47.4 Å². The van der Waals surface area contributed by atoms with Gasteiger partial charge in [0, 0.05) is 12.8 Å². The van der Waals surface area contributed by atoms with Gasteiger partial charge in [-0.05, 0) is 64.2 Å². The summed E-state index contributed by atoms with van der Waals surface area (Å²) in [7, 11) is 0. The first-order valence-electron chi connectivity index (χ1n) is 30.8. The van der Waals surface area contributed by atoms with E-state index in [1.54, 1.807) is 6.08 Å². The van der Waals surface area contributed by atoms with Crippen molar-refractivity contribution in [3.8, 4) is 0 Å². The Labute approximate surface area is 430 Å². The number of amides is 1. The van der Waals surface area contributed by atoms with Crippen LogP contribution in [0.15, 0.2) is 36.5 Å². The van der Waals surface area contributed by atoms with Crippen LogP contribution < -0.4 is 5.32 Å². The molecule has 2 unspecified atom stereocenters. The van der Waals surface area contributed by atoms with Gasteiger partial charge in [0.1, 0.15) is 0 Å². The van der Waals surface area contributed by atoms with E-state index in [0.717, 1.165) is 51.4 Å². The number of ether oxygens (including phenoxy) is 1. The Bertz CT molecular complexity index is 1120. The molecule has 69 heavy (non-hydrogen) atoms. The molecular formula is C63H119NO5. The number of unbranched alkanes of at least 4 members (excludes halogenated alkanes) is 42. The number of aliphatic hydroxyl groups is 2. The standard InChI is InChI=1S/C63H119NO5/c1-3-5-7-9-11-13-15-17-18-30-33-37-41-45-49-53-57-63(68)69-58-54-50-46-42-38-34-31-28-26-24-22-20-19-21-23-25-27-29-32-36-40-44-48-52-56-62(67)64-60(59-65)61(66)55-51-47-43-39-35-16-14-12-10-8-6-4-2/h13,15,18,30,51,55,60-61,65-66H,3-12,14,16-17,19-29,31-50,52-54,56-59H2,1-2H3,(H,64,67)/b15-13-,30-18-,55-51+. The summed E-state index contributed by atoms with van der Waals surface area (Å²) in [6, 6.07) is -0.626. The number of nitrogens with one attached hydrogen (secondary N) is 1. The Balaban J connectivity index is 3.37. The zero-order chi connectivity index (χ0) is 50.0. The van der Waals surface area contributed by atoms with E-state index in [0.29, 0.717) is 19.4 Å². The van der Waals surface area contributed by atoms with Crippen LogP contribution in [0.1, 0.15) is 328 Å². The summed E-state index contributed by atoms with van der Waals surface area (Å²) in [5, 5.41) is 23.1. The average Bonchev–Trinajstić information content (AvgIpc) is 3.35. The van der Waals surface area contributed by atoms with Crippen LogP contribution in [0.25, 0.3) is 0 Å². The lowest BCUT2D eigenvalue weighted by atomic mass is 10.0. The van der Waals surface area contributed by atoms with Crippen molar-refractivity contribution in [2.24, 2.45) is 0 Å². The summed E-state index contributed by atoms with van der Waals surface area (Å²) in [4.78, 5) is 24.5. The molecule has 1 amide bonds. The van der Waals surface area contributed by atoms with Crippen molar-refractivity contribution in [1.29, 1.82) is 0 Å². The van der Waals surface area contributed by atoms with Gasteiger partial charge >= 0.3 is 5.97 Å². The van der Waals surface area contributed by atoms with Gasteiger partial charge in [-0.1, -0.05) is 288 Å². The summed E-state index contributed by atoms with van der Waals surface area (Å²) >= 11 is 0. The predicted molar refractivity (Wildman–Crippen MR) is 301 cm³/mol. The molecule has 0 saturated heterocycles. The molecular weight excluding hydrogens is 851 g/mol. The van der Waals surface area contributed by atoms with E-state index in [1.165, 1.54) is 250 Å². The highest BCUT2D eigenvalue weighted by molar-refractivity contribution is 5.76. The van der Waals surface area contributed by atoms with E-state index in [-0.39, 0.29) is 18.5 Å². The molecule has 406 valence electrons. The number of hydrogen-bond acceptors (Lipinski definition) is 5. The predicted octanol–water partition coefficient (Wildman–Crippen LogP) is 19.2. The van der Waals surface area contributed by atoms with Crippen molar-refractivity contribution < 1.29 is 24.5 Å². The first kappa shape index (κ1) is 67.1. The summed E-state index contributed by atoms with van der Waals surface area (Å²) in [6.07, 6.45) is 73.3. The van der Waals surface area contributed by atoms with Gasteiger partial charge in [-0.2, -0.15) is 0 Å². The number of carbonyl (C=O) groups is 2. The second-order valence-corrected chi connectivity index (χ2v) is 21.0. The zero-order valence-corrected chi connectivity index (χ0v) is 46.3. The monoisotopic (exact) mass is 970 g/mol. The minimum atomic E-state index is -0.843. The molecule has 0 fully saturated rings. The summed E-state index contributed by atoms with van der Waals surface area (Å²) in [6.45, 7) is 4.88. The molecule has 0 aliphatic carbocycles. The minimum absolute atomic E-state index is 0.00137. The SMILES string of the molecule is CCCCCC/C=C\C/C=C\CCCCCCCC(=O)OCCCCCCCCCCCCCCCCCCCCCCCCCCC(=O)NC(CO)C(O)/C=C/CCCCCCCCCCCC. The van der Waals surface area contributed by atoms with Crippen LogP contribution in [0.4, 0.5) is 0 Å². The fourth-order valence-corrected chi connectivity index (χ4v) is 9.43. The van der Waals surface area contributed by atoms with Gasteiger partial charge in [0.15, 0.2) is 0 Å². The van der Waals surface area contributed by atoms with Crippen LogP contribution in [0.3, 0.4) is 0 Å². The molecule has 0 bridgehead atoms. The molecule has 0 aromatic carbocycles. The van der Waals surface area contributed by atoms with E-state index >= 15 is 0 Å². The largest absolute Gasteiger partial charge is 0.466 e. The number of rotatable bonds is 57. The molecule has 0 rings (SSSR count). The topological polar surface area (TPSA) is 95.9 Å². The molecule has 6 nitrogen and oxygen atoms in total. The van der Waals surface area contributed by atoms with Crippen molar-refractivity contribution in [1.82, 2.24) is 5.32 Å². The molecule has 3 N–H and O–H groups in total. The second kappa shape index (κ2) is 58.6. The van der Waals surface area contributed by atoms with E-state index < -0.39 is 12.1 Å². The van der Waals surface area contributed by atoms with Crippen molar-refractivity contribution >= 4 is 11.9 Å². The second-order valence-electron chi connectivity index (χ2n) is 21.0. The first-order chi connectivity index (χ1) is 34.0. The van der Waals surface area contributed by atoms with Gasteiger partial charge in [0.05, 0.1) is 25.4 Å². The van der Waals surface area contributed by atoms with Crippen molar-refractivity contribution in [2.75, 3.05) is 13.2 Å². The molecule has 0 aromatic heterocycles. The van der Waals surface area contributed by atoms with Crippen LogP contribution in [-0.2, 0) is 14.3 Å². The quantitative estimate of drug-likeness (QED) is 0.0321. The van der Waals surface area contributed by atoms with Gasteiger partial charge in [0.2, 0.25) is 5.91 Å². The third-order valence-corrected chi connectivity index (χ3v) is 14.2. The molecule has 0 heterocycles. The summed E-state index contributed by atoms with van der Waals surface area (Å²) in [5.74, 6) is -0.0658. The zero-order valence-electron chi connectivity index (χ0n) is 46.3. The molecule has 0 aromatic rings. The van der Waals surface area contributed by atoms with E-state index in [1.807, 2.05) is 6.08 Å². The first-order valence-corrected chi connectivity index (χ1v) is 30.8. The Morgan fingerprint density at radius 2 is 0.725 bits per heavy atom. The highest BCUT2D eigenvalue weighted by atomic mass is 16.5. The smallest absolute Gasteiger partial charge is 0.305 e. The molecule has 0 aliphatic rings. The van der Waals surface area contributed by atoms with Gasteiger partial charge < -0.3 is 20.3 Å². The van der Waals surface area contributed by atoms with Crippen LogP contribution in [0, 0.1) is 0 Å². The third kappa shape index (κ3) is 55.2. The Hall–Kier alpha value is -1.92. The molecule has 6 heteroatoms. The number of aliphatic hydroxyl groups excluding tert-OH is 2. The fourth-order valence-electron chi connectivity index (χ4n) is 9.43. The van der Waals surface area contributed by atoms with Crippen LogP contribution in [0.5, 0.6) is 0 Å². The van der Waals surface area contributed by atoms with E-state index in [2.05, 4.69) is 43.5 Å². The summed E-state index contributed by atoms with van der Waals surface area (Å²) in [5.41, 5.74) is 0.